The molecule has 0 bridgehead atoms. The molecule has 0 aliphatic rings. The van der Waals surface area contributed by atoms with Gasteiger partial charge in [0.25, 0.3) is 0 Å². The molecule has 0 amide bonds. The SMILES string of the molecule is CCCCCC(=O)C(C)(C)c1cc(OC)cc(OC)c1. The number of ketones is 1. The summed E-state index contributed by atoms with van der Waals surface area (Å²) in [6.45, 7) is 6.08. The van der Waals surface area contributed by atoms with Crippen LogP contribution in [0.15, 0.2) is 18.2 Å². The summed E-state index contributed by atoms with van der Waals surface area (Å²) in [6, 6.07) is 5.65. The number of unbranched alkanes of at least 4 members (excludes halogenated alkanes) is 2. The van der Waals surface area contributed by atoms with Crippen LogP contribution in [-0.2, 0) is 10.2 Å². The van der Waals surface area contributed by atoms with E-state index in [2.05, 4.69) is 6.92 Å². The Hall–Kier alpha value is -1.51. The van der Waals surface area contributed by atoms with E-state index in [1.807, 2.05) is 32.0 Å². The first-order chi connectivity index (χ1) is 9.45. The summed E-state index contributed by atoms with van der Waals surface area (Å²) in [5.41, 5.74) is 0.422. The molecule has 1 aromatic rings. The fourth-order valence-electron chi connectivity index (χ4n) is 2.18. The molecule has 0 N–H and O–H groups in total. The maximum Gasteiger partial charge on any atom is 0.142 e. The van der Waals surface area contributed by atoms with Gasteiger partial charge in [-0.2, -0.15) is 0 Å². The molecular weight excluding hydrogens is 252 g/mol. The van der Waals surface area contributed by atoms with Crippen LogP contribution in [0, 0.1) is 0 Å². The molecule has 0 aliphatic carbocycles. The zero-order valence-electron chi connectivity index (χ0n) is 13.3. The number of ether oxygens (including phenoxy) is 2. The number of hydrogen-bond acceptors (Lipinski definition) is 3. The zero-order chi connectivity index (χ0) is 15.2. The van der Waals surface area contributed by atoms with Crippen molar-refractivity contribution < 1.29 is 14.3 Å². The molecule has 0 saturated carbocycles. The van der Waals surface area contributed by atoms with Crippen LogP contribution in [0.1, 0.15) is 52.0 Å². The van der Waals surface area contributed by atoms with Crippen molar-refractivity contribution in [3.8, 4) is 11.5 Å². The van der Waals surface area contributed by atoms with Gasteiger partial charge < -0.3 is 9.47 Å². The molecule has 0 atom stereocenters. The smallest absolute Gasteiger partial charge is 0.142 e. The molecular formula is C17H26O3. The topological polar surface area (TPSA) is 35.5 Å². The van der Waals surface area contributed by atoms with Crippen molar-refractivity contribution in [2.75, 3.05) is 14.2 Å². The van der Waals surface area contributed by atoms with Gasteiger partial charge >= 0.3 is 0 Å². The lowest BCUT2D eigenvalue weighted by molar-refractivity contribution is -0.123. The lowest BCUT2D eigenvalue weighted by Crippen LogP contribution is -2.29. The van der Waals surface area contributed by atoms with Gasteiger partial charge in [-0.3, -0.25) is 4.79 Å². The highest BCUT2D eigenvalue weighted by atomic mass is 16.5. The van der Waals surface area contributed by atoms with Gasteiger partial charge in [0, 0.05) is 17.9 Å². The van der Waals surface area contributed by atoms with Crippen molar-refractivity contribution in [2.24, 2.45) is 0 Å². The van der Waals surface area contributed by atoms with Gasteiger partial charge in [0.1, 0.15) is 17.3 Å². The third kappa shape index (κ3) is 3.99. The summed E-state index contributed by atoms with van der Waals surface area (Å²) in [6.07, 6.45) is 3.81. The van der Waals surface area contributed by atoms with Crippen molar-refractivity contribution in [1.82, 2.24) is 0 Å². The molecule has 1 aromatic carbocycles. The minimum absolute atomic E-state index is 0.265. The normalized spacial score (nSPS) is 11.2. The third-order valence-electron chi connectivity index (χ3n) is 3.78. The lowest BCUT2D eigenvalue weighted by Gasteiger charge is -2.25. The number of carbonyl (C=O) groups is 1. The Balaban J connectivity index is 2.98. The van der Waals surface area contributed by atoms with Crippen molar-refractivity contribution in [2.45, 2.75) is 51.9 Å². The summed E-state index contributed by atoms with van der Waals surface area (Å²) in [5.74, 6) is 1.70. The minimum Gasteiger partial charge on any atom is -0.497 e. The Morgan fingerprint density at radius 2 is 1.60 bits per heavy atom. The molecule has 3 nitrogen and oxygen atoms in total. The van der Waals surface area contributed by atoms with E-state index in [1.165, 1.54) is 0 Å². The van der Waals surface area contributed by atoms with Crippen LogP contribution in [0.3, 0.4) is 0 Å². The lowest BCUT2D eigenvalue weighted by atomic mass is 9.78. The van der Waals surface area contributed by atoms with E-state index in [9.17, 15) is 4.79 Å². The number of benzene rings is 1. The molecule has 0 aliphatic heterocycles. The van der Waals surface area contributed by atoms with Crippen LogP contribution in [0.4, 0.5) is 0 Å². The van der Waals surface area contributed by atoms with Crippen LogP contribution in [-0.4, -0.2) is 20.0 Å². The summed E-state index contributed by atoms with van der Waals surface area (Å²) in [5, 5.41) is 0. The third-order valence-corrected chi connectivity index (χ3v) is 3.78. The van der Waals surface area contributed by atoms with Gasteiger partial charge in [-0.15, -0.1) is 0 Å². The molecule has 20 heavy (non-hydrogen) atoms. The van der Waals surface area contributed by atoms with Gasteiger partial charge in [-0.05, 0) is 38.0 Å². The first-order valence-corrected chi connectivity index (χ1v) is 7.22. The van der Waals surface area contributed by atoms with E-state index >= 15 is 0 Å². The number of methoxy groups -OCH3 is 2. The average molecular weight is 278 g/mol. The monoisotopic (exact) mass is 278 g/mol. The highest BCUT2D eigenvalue weighted by Gasteiger charge is 2.29. The van der Waals surface area contributed by atoms with Crippen LogP contribution in [0.5, 0.6) is 11.5 Å². The molecule has 0 heterocycles. The second-order valence-electron chi connectivity index (χ2n) is 5.61. The predicted octanol–water partition coefficient (Wildman–Crippen LogP) is 4.13. The van der Waals surface area contributed by atoms with E-state index < -0.39 is 5.41 Å². The van der Waals surface area contributed by atoms with Gasteiger partial charge in [-0.1, -0.05) is 19.8 Å². The minimum atomic E-state index is -0.518. The maximum absolute atomic E-state index is 12.5. The van der Waals surface area contributed by atoms with E-state index in [0.29, 0.717) is 17.9 Å². The van der Waals surface area contributed by atoms with Crippen LogP contribution in [0.25, 0.3) is 0 Å². The fraction of sp³-hybridized carbons (Fsp3) is 0.588. The summed E-state index contributed by atoms with van der Waals surface area (Å²) >= 11 is 0. The second-order valence-corrected chi connectivity index (χ2v) is 5.61. The van der Waals surface area contributed by atoms with Crippen LogP contribution < -0.4 is 9.47 Å². The highest BCUT2D eigenvalue weighted by Crippen LogP contribution is 2.32. The Morgan fingerprint density at radius 1 is 1.05 bits per heavy atom. The number of hydrogen-bond donors (Lipinski definition) is 0. The number of rotatable bonds is 8. The summed E-state index contributed by atoms with van der Waals surface area (Å²) in [4.78, 5) is 12.5. The standard InChI is InChI=1S/C17H26O3/c1-6-7-8-9-16(18)17(2,3)13-10-14(19-4)12-15(11-13)20-5/h10-12H,6-9H2,1-5H3. The molecule has 112 valence electrons. The fourth-order valence-corrected chi connectivity index (χ4v) is 2.18. The highest BCUT2D eigenvalue weighted by molar-refractivity contribution is 5.89. The summed E-state index contributed by atoms with van der Waals surface area (Å²) in [7, 11) is 3.24. The van der Waals surface area contributed by atoms with E-state index in [-0.39, 0.29) is 5.78 Å². The largest absolute Gasteiger partial charge is 0.497 e. The Kier molecular flexibility index (Phi) is 6.05. The van der Waals surface area contributed by atoms with E-state index in [1.54, 1.807) is 14.2 Å². The van der Waals surface area contributed by atoms with Gasteiger partial charge in [0.05, 0.1) is 14.2 Å². The molecule has 0 radical (unpaired) electrons. The molecule has 0 saturated heterocycles. The zero-order valence-corrected chi connectivity index (χ0v) is 13.3. The first-order valence-electron chi connectivity index (χ1n) is 7.22. The van der Waals surface area contributed by atoms with Gasteiger partial charge in [0.15, 0.2) is 0 Å². The molecule has 0 unspecified atom stereocenters. The van der Waals surface area contributed by atoms with Gasteiger partial charge in [0.2, 0.25) is 0 Å². The Morgan fingerprint density at radius 3 is 2.05 bits per heavy atom. The Labute approximate surface area is 122 Å². The maximum atomic E-state index is 12.5. The van der Waals surface area contributed by atoms with Crippen LogP contribution in [0.2, 0.25) is 0 Å². The first kappa shape index (κ1) is 16.5. The van der Waals surface area contributed by atoms with Gasteiger partial charge in [-0.25, -0.2) is 0 Å². The number of carbonyl (C=O) groups excluding carboxylic acids is 1. The van der Waals surface area contributed by atoms with Crippen molar-refractivity contribution in [3.05, 3.63) is 23.8 Å². The van der Waals surface area contributed by atoms with E-state index in [4.69, 9.17) is 9.47 Å². The number of Topliss-reactive ketones (excluding diaryl/α,β-unsaturated/α-hetero) is 1. The second kappa shape index (κ2) is 7.32. The average Bonchev–Trinajstić information content (AvgIpc) is 2.46. The van der Waals surface area contributed by atoms with Crippen LogP contribution >= 0.6 is 0 Å². The van der Waals surface area contributed by atoms with Crippen molar-refractivity contribution in [1.29, 1.82) is 0 Å². The molecule has 0 aromatic heterocycles. The quantitative estimate of drug-likeness (QED) is 0.671. The van der Waals surface area contributed by atoms with E-state index in [0.717, 1.165) is 24.8 Å². The van der Waals surface area contributed by atoms with Crippen molar-refractivity contribution in [3.63, 3.8) is 0 Å². The van der Waals surface area contributed by atoms with Crippen molar-refractivity contribution >= 4 is 5.78 Å². The predicted molar refractivity (Wildman–Crippen MR) is 81.7 cm³/mol. The summed E-state index contributed by atoms with van der Waals surface area (Å²) < 4.78 is 10.6. The molecule has 3 heteroatoms. The molecule has 0 fully saturated rings. The molecule has 1 rings (SSSR count). The molecule has 0 spiro atoms. The Bertz CT molecular complexity index is 427.